The second-order valence-corrected chi connectivity index (χ2v) is 5.56. The van der Waals surface area contributed by atoms with Gasteiger partial charge in [0.05, 0.1) is 0 Å². The largest absolute Gasteiger partial charge is 0.421 e. The normalized spacial score (nSPS) is 11.8. The summed E-state index contributed by atoms with van der Waals surface area (Å²) in [6.45, 7) is 6.89. The summed E-state index contributed by atoms with van der Waals surface area (Å²) in [7, 11) is 0. The SMILES string of the molecule is CC(C)(C)NCCc1nnc(-c2ccc(F)c(F)c2)o1. The molecular formula is C14H17F2N3O. The van der Waals surface area contributed by atoms with Crippen LogP contribution in [0.15, 0.2) is 22.6 Å². The van der Waals surface area contributed by atoms with Crippen molar-refractivity contribution in [3.8, 4) is 11.5 Å². The standard InChI is InChI=1S/C14H17F2N3O/c1-14(2,3)17-7-6-12-18-19-13(20-12)9-4-5-10(15)11(16)8-9/h4-5,8,17H,6-7H2,1-3H3. The van der Waals surface area contributed by atoms with Crippen LogP contribution < -0.4 is 5.32 Å². The molecule has 108 valence electrons. The van der Waals surface area contributed by atoms with Gasteiger partial charge in [-0.25, -0.2) is 8.78 Å². The molecule has 0 radical (unpaired) electrons. The summed E-state index contributed by atoms with van der Waals surface area (Å²) in [5.41, 5.74) is 0.384. The summed E-state index contributed by atoms with van der Waals surface area (Å²) in [6, 6.07) is 3.48. The Hall–Kier alpha value is -1.82. The maximum absolute atomic E-state index is 13.1. The van der Waals surface area contributed by atoms with Crippen molar-refractivity contribution in [2.75, 3.05) is 6.54 Å². The van der Waals surface area contributed by atoms with Gasteiger partial charge in [0.1, 0.15) is 0 Å². The van der Waals surface area contributed by atoms with Gasteiger partial charge in [0.15, 0.2) is 11.6 Å². The summed E-state index contributed by atoms with van der Waals surface area (Å²) in [5, 5.41) is 11.0. The Morgan fingerprint density at radius 1 is 1.15 bits per heavy atom. The van der Waals surface area contributed by atoms with Crippen LogP contribution in [0.1, 0.15) is 26.7 Å². The number of halogens is 2. The Morgan fingerprint density at radius 2 is 1.90 bits per heavy atom. The number of rotatable bonds is 4. The van der Waals surface area contributed by atoms with Crippen LogP contribution in [0, 0.1) is 11.6 Å². The van der Waals surface area contributed by atoms with Crippen LogP contribution in [0.4, 0.5) is 8.78 Å². The summed E-state index contributed by atoms with van der Waals surface area (Å²) in [5.74, 6) is -1.18. The summed E-state index contributed by atoms with van der Waals surface area (Å²) < 4.78 is 31.4. The third kappa shape index (κ3) is 3.84. The van der Waals surface area contributed by atoms with Crippen molar-refractivity contribution < 1.29 is 13.2 Å². The molecule has 0 spiro atoms. The van der Waals surface area contributed by atoms with Crippen LogP contribution >= 0.6 is 0 Å². The van der Waals surface area contributed by atoms with Crippen molar-refractivity contribution in [3.63, 3.8) is 0 Å². The van der Waals surface area contributed by atoms with Gasteiger partial charge in [0.25, 0.3) is 0 Å². The van der Waals surface area contributed by atoms with Gasteiger partial charge in [-0.15, -0.1) is 10.2 Å². The minimum absolute atomic E-state index is 0.0168. The minimum atomic E-state index is -0.934. The van der Waals surface area contributed by atoms with E-state index in [-0.39, 0.29) is 11.4 Å². The predicted octanol–water partition coefficient (Wildman–Crippen LogP) is 2.95. The van der Waals surface area contributed by atoms with E-state index in [1.54, 1.807) is 0 Å². The molecule has 1 N–H and O–H groups in total. The molecule has 0 atom stereocenters. The number of hydrogen-bond acceptors (Lipinski definition) is 4. The Balaban J connectivity index is 2.03. The maximum atomic E-state index is 13.1. The fraction of sp³-hybridized carbons (Fsp3) is 0.429. The van der Waals surface area contributed by atoms with E-state index in [4.69, 9.17) is 4.42 Å². The molecule has 0 saturated heterocycles. The molecule has 0 aliphatic rings. The molecule has 0 saturated carbocycles. The van der Waals surface area contributed by atoms with E-state index in [1.807, 2.05) is 0 Å². The van der Waals surface area contributed by atoms with E-state index in [2.05, 4.69) is 36.3 Å². The van der Waals surface area contributed by atoms with Gasteiger partial charge >= 0.3 is 0 Å². The van der Waals surface area contributed by atoms with Crippen molar-refractivity contribution in [3.05, 3.63) is 35.7 Å². The van der Waals surface area contributed by atoms with Crippen molar-refractivity contribution in [2.45, 2.75) is 32.7 Å². The average molecular weight is 281 g/mol. The van der Waals surface area contributed by atoms with Crippen molar-refractivity contribution >= 4 is 0 Å². The second-order valence-electron chi connectivity index (χ2n) is 5.56. The molecular weight excluding hydrogens is 264 g/mol. The fourth-order valence-electron chi connectivity index (χ4n) is 1.64. The first-order chi connectivity index (χ1) is 9.35. The van der Waals surface area contributed by atoms with E-state index < -0.39 is 11.6 Å². The summed E-state index contributed by atoms with van der Waals surface area (Å²) in [6.07, 6.45) is 0.577. The van der Waals surface area contributed by atoms with Crippen LogP contribution in [0.25, 0.3) is 11.5 Å². The number of aromatic nitrogens is 2. The molecule has 1 heterocycles. The highest BCUT2D eigenvalue weighted by Gasteiger charge is 2.13. The molecule has 0 amide bonds. The molecule has 2 rings (SSSR count). The van der Waals surface area contributed by atoms with E-state index >= 15 is 0 Å². The molecule has 4 nitrogen and oxygen atoms in total. The lowest BCUT2D eigenvalue weighted by atomic mass is 10.1. The molecule has 6 heteroatoms. The molecule has 2 aromatic rings. The lowest BCUT2D eigenvalue weighted by molar-refractivity contribution is 0.411. The first-order valence-electron chi connectivity index (χ1n) is 6.38. The highest BCUT2D eigenvalue weighted by molar-refractivity contribution is 5.52. The Kier molecular flexibility index (Phi) is 4.13. The lowest BCUT2D eigenvalue weighted by Gasteiger charge is -2.19. The first-order valence-corrected chi connectivity index (χ1v) is 6.38. The maximum Gasteiger partial charge on any atom is 0.247 e. The quantitative estimate of drug-likeness (QED) is 0.936. The van der Waals surface area contributed by atoms with Crippen LogP contribution in [0.3, 0.4) is 0 Å². The second kappa shape index (κ2) is 5.66. The fourth-order valence-corrected chi connectivity index (χ4v) is 1.64. The predicted molar refractivity (Wildman–Crippen MR) is 71.1 cm³/mol. The smallest absolute Gasteiger partial charge is 0.247 e. The zero-order chi connectivity index (χ0) is 14.8. The van der Waals surface area contributed by atoms with Crippen LogP contribution in [-0.2, 0) is 6.42 Å². The third-order valence-corrected chi connectivity index (χ3v) is 2.63. The number of nitrogens with zero attached hydrogens (tertiary/aromatic N) is 2. The molecule has 0 aliphatic carbocycles. The Bertz CT molecular complexity index is 590. The van der Waals surface area contributed by atoms with E-state index in [9.17, 15) is 8.78 Å². The van der Waals surface area contributed by atoms with Gasteiger partial charge in [-0.1, -0.05) is 0 Å². The van der Waals surface area contributed by atoms with Crippen molar-refractivity contribution in [1.29, 1.82) is 0 Å². The minimum Gasteiger partial charge on any atom is -0.421 e. The zero-order valence-corrected chi connectivity index (χ0v) is 11.7. The number of nitrogens with one attached hydrogen (secondary N) is 1. The average Bonchev–Trinajstić information content (AvgIpc) is 2.80. The summed E-state index contributed by atoms with van der Waals surface area (Å²) >= 11 is 0. The summed E-state index contributed by atoms with van der Waals surface area (Å²) in [4.78, 5) is 0. The van der Waals surface area contributed by atoms with E-state index in [0.29, 0.717) is 24.4 Å². The number of hydrogen-bond donors (Lipinski definition) is 1. The number of benzene rings is 1. The highest BCUT2D eigenvalue weighted by Crippen LogP contribution is 2.20. The molecule has 1 aromatic heterocycles. The third-order valence-electron chi connectivity index (χ3n) is 2.63. The van der Waals surface area contributed by atoms with Crippen molar-refractivity contribution in [2.24, 2.45) is 0 Å². The Labute approximate surface area is 116 Å². The Morgan fingerprint density at radius 3 is 2.55 bits per heavy atom. The molecule has 0 unspecified atom stereocenters. The molecule has 0 aliphatic heterocycles. The van der Waals surface area contributed by atoms with Gasteiger partial charge < -0.3 is 9.73 Å². The van der Waals surface area contributed by atoms with Crippen LogP contribution in [0.2, 0.25) is 0 Å². The van der Waals surface area contributed by atoms with Gasteiger partial charge in [0, 0.05) is 24.1 Å². The van der Waals surface area contributed by atoms with Crippen molar-refractivity contribution in [1.82, 2.24) is 15.5 Å². The topological polar surface area (TPSA) is 51.0 Å². The zero-order valence-electron chi connectivity index (χ0n) is 11.7. The molecule has 20 heavy (non-hydrogen) atoms. The highest BCUT2D eigenvalue weighted by atomic mass is 19.2. The lowest BCUT2D eigenvalue weighted by Crippen LogP contribution is -2.37. The monoisotopic (exact) mass is 281 g/mol. The van der Waals surface area contributed by atoms with E-state index in [1.165, 1.54) is 6.07 Å². The first kappa shape index (κ1) is 14.6. The van der Waals surface area contributed by atoms with E-state index in [0.717, 1.165) is 12.1 Å². The van der Waals surface area contributed by atoms with Gasteiger partial charge in [-0.05, 0) is 39.0 Å². The molecule has 0 bridgehead atoms. The van der Waals surface area contributed by atoms with Gasteiger partial charge in [-0.3, -0.25) is 0 Å². The van der Waals surface area contributed by atoms with Crippen LogP contribution in [-0.4, -0.2) is 22.3 Å². The van der Waals surface area contributed by atoms with Gasteiger partial charge in [0.2, 0.25) is 11.8 Å². The molecule has 1 aromatic carbocycles. The van der Waals surface area contributed by atoms with Crippen LogP contribution in [0.5, 0.6) is 0 Å². The molecule has 0 fully saturated rings. The van der Waals surface area contributed by atoms with Gasteiger partial charge in [-0.2, -0.15) is 0 Å².